The first-order chi connectivity index (χ1) is 14.6. The Bertz CT molecular complexity index is 1180. The van der Waals surface area contributed by atoms with Crippen LogP contribution in [0.25, 0.3) is 11.2 Å². The number of piperazine rings is 1. The second-order valence-corrected chi connectivity index (χ2v) is 7.66. The Hall–Kier alpha value is -3.55. The predicted molar refractivity (Wildman–Crippen MR) is 110 cm³/mol. The van der Waals surface area contributed by atoms with Crippen LogP contribution in [0, 0.1) is 0 Å². The number of hydrogen-bond donors (Lipinski definition) is 0. The molecule has 1 saturated carbocycles. The highest BCUT2D eigenvalue weighted by molar-refractivity contribution is 5.95. The average Bonchev–Trinajstić information content (AvgIpc) is 3.63. The molecule has 0 spiro atoms. The molecule has 8 nitrogen and oxygen atoms in total. The number of aromatic nitrogens is 3. The van der Waals surface area contributed by atoms with Crippen LogP contribution in [-0.2, 0) is 0 Å². The molecule has 8 heteroatoms. The SMILES string of the molecule is O=C(c1ccccc1)N1CCN(C(=O)c2nc3cccnc3n(C3CC3)c2=O)CC1. The van der Waals surface area contributed by atoms with E-state index < -0.39 is 0 Å². The van der Waals surface area contributed by atoms with Gasteiger partial charge in [-0.25, -0.2) is 9.97 Å². The van der Waals surface area contributed by atoms with Gasteiger partial charge in [0, 0.05) is 44.0 Å². The quantitative estimate of drug-likeness (QED) is 0.665. The van der Waals surface area contributed by atoms with E-state index in [0.717, 1.165) is 12.8 Å². The molecule has 5 rings (SSSR count). The summed E-state index contributed by atoms with van der Waals surface area (Å²) in [5, 5.41) is 0. The summed E-state index contributed by atoms with van der Waals surface area (Å²) in [5.74, 6) is -0.430. The number of fused-ring (bicyclic) bond motifs is 1. The summed E-state index contributed by atoms with van der Waals surface area (Å²) in [6.07, 6.45) is 3.44. The summed E-state index contributed by atoms with van der Waals surface area (Å²) in [4.78, 5) is 50.8. The van der Waals surface area contributed by atoms with E-state index in [1.165, 1.54) is 0 Å². The van der Waals surface area contributed by atoms with E-state index in [1.807, 2.05) is 18.2 Å². The summed E-state index contributed by atoms with van der Waals surface area (Å²) in [6.45, 7) is 1.58. The smallest absolute Gasteiger partial charge is 0.284 e. The maximum absolute atomic E-state index is 13.1. The Morgan fingerprint density at radius 2 is 1.53 bits per heavy atom. The van der Waals surface area contributed by atoms with Gasteiger partial charge >= 0.3 is 0 Å². The van der Waals surface area contributed by atoms with Crippen molar-refractivity contribution in [1.29, 1.82) is 0 Å². The molecule has 0 radical (unpaired) electrons. The van der Waals surface area contributed by atoms with Gasteiger partial charge in [-0.05, 0) is 37.1 Å². The lowest BCUT2D eigenvalue weighted by Crippen LogP contribution is -2.51. The van der Waals surface area contributed by atoms with Crippen LogP contribution in [0.5, 0.6) is 0 Å². The molecule has 2 aliphatic rings. The van der Waals surface area contributed by atoms with Crippen molar-refractivity contribution in [3.05, 3.63) is 70.3 Å². The van der Waals surface area contributed by atoms with Crippen LogP contribution in [0.15, 0.2) is 53.5 Å². The Labute approximate surface area is 172 Å². The van der Waals surface area contributed by atoms with Gasteiger partial charge in [0.1, 0.15) is 5.52 Å². The lowest BCUT2D eigenvalue weighted by molar-refractivity contribution is 0.0531. The van der Waals surface area contributed by atoms with Gasteiger partial charge in [-0.3, -0.25) is 19.0 Å². The first-order valence-corrected chi connectivity index (χ1v) is 10.1. The van der Waals surface area contributed by atoms with Crippen molar-refractivity contribution in [2.24, 2.45) is 0 Å². The van der Waals surface area contributed by atoms with Gasteiger partial charge in [-0.15, -0.1) is 0 Å². The molecule has 152 valence electrons. The van der Waals surface area contributed by atoms with Gasteiger partial charge in [-0.2, -0.15) is 0 Å². The molecule has 2 fully saturated rings. The third-order valence-electron chi connectivity index (χ3n) is 5.64. The zero-order valence-corrected chi connectivity index (χ0v) is 16.4. The highest BCUT2D eigenvalue weighted by Crippen LogP contribution is 2.35. The highest BCUT2D eigenvalue weighted by Gasteiger charge is 2.32. The fourth-order valence-corrected chi connectivity index (χ4v) is 3.88. The number of nitrogens with zero attached hydrogens (tertiary/aromatic N) is 5. The molecule has 3 aromatic rings. The minimum atomic E-state index is -0.382. The number of amides is 2. The first-order valence-electron chi connectivity index (χ1n) is 10.1. The second-order valence-electron chi connectivity index (χ2n) is 7.66. The molecule has 0 unspecified atom stereocenters. The predicted octanol–water partition coefficient (Wildman–Crippen LogP) is 1.72. The third kappa shape index (κ3) is 3.24. The van der Waals surface area contributed by atoms with Crippen LogP contribution in [0.4, 0.5) is 0 Å². The molecule has 1 aromatic carbocycles. The summed E-state index contributed by atoms with van der Waals surface area (Å²) in [5.41, 5.74) is 1.26. The van der Waals surface area contributed by atoms with E-state index in [9.17, 15) is 14.4 Å². The fraction of sp³-hybridized carbons (Fsp3) is 0.318. The van der Waals surface area contributed by atoms with Gasteiger partial charge in [0.15, 0.2) is 11.3 Å². The van der Waals surface area contributed by atoms with Crippen LogP contribution < -0.4 is 5.56 Å². The number of benzene rings is 1. The molecule has 2 amide bonds. The number of hydrogen-bond acceptors (Lipinski definition) is 5. The Morgan fingerprint density at radius 1 is 0.867 bits per heavy atom. The molecular formula is C22H21N5O3. The van der Waals surface area contributed by atoms with Gasteiger partial charge in [0.05, 0.1) is 0 Å². The molecule has 30 heavy (non-hydrogen) atoms. The molecule has 0 atom stereocenters. The molecule has 3 heterocycles. The molecule has 1 aliphatic carbocycles. The third-order valence-corrected chi connectivity index (χ3v) is 5.64. The molecule has 0 N–H and O–H groups in total. The van der Waals surface area contributed by atoms with Crippen LogP contribution in [0.3, 0.4) is 0 Å². The van der Waals surface area contributed by atoms with Crippen molar-refractivity contribution in [3.8, 4) is 0 Å². The second kappa shape index (κ2) is 7.37. The monoisotopic (exact) mass is 403 g/mol. The van der Waals surface area contributed by atoms with Crippen molar-refractivity contribution in [2.75, 3.05) is 26.2 Å². The Kier molecular flexibility index (Phi) is 4.54. The van der Waals surface area contributed by atoms with Crippen molar-refractivity contribution in [3.63, 3.8) is 0 Å². The molecular weight excluding hydrogens is 382 g/mol. The van der Waals surface area contributed by atoms with Crippen LogP contribution in [0.2, 0.25) is 0 Å². The summed E-state index contributed by atoms with van der Waals surface area (Å²) in [7, 11) is 0. The van der Waals surface area contributed by atoms with Crippen LogP contribution in [0.1, 0.15) is 39.7 Å². The molecule has 2 aromatic heterocycles. The molecule has 1 aliphatic heterocycles. The Morgan fingerprint density at radius 3 is 2.20 bits per heavy atom. The molecule has 0 bridgehead atoms. The van der Waals surface area contributed by atoms with E-state index >= 15 is 0 Å². The largest absolute Gasteiger partial charge is 0.335 e. The van der Waals surface area contributed by atoms with Crippen molar-refractivity contribution < 1.29 is 9.59 Å². The summed E-state index contributed by atoms with van der Waals surface area (Å²) >= 11 is 0. The van der Waals surface area contributed by atoms with Crippen LogP contribution in [-0.4, -0.2) is 62.3 Å². The van der Waals surface area contributed by atoms with Crippen molar-refractivity contribution in [2.45, 2.75) is 18.9 Å². The summed E-state index contributed by atoms with van der Waals surface area (Å²) < 4.78 is 1.62. The fourth-order valence-electron chi connectivity index (χ4n) is 3.88. The Balaban J connectivity index is 1.37. The zero-order chi connectivity index (χ0) is 20.7. The van der Waals surface area contributed by atoms with E-state index in [1.54, 1.807) is 44.8 Å². The first kappa shape index (κ1) is 18.5. The summed E-state index contributed by atoms with van der Waals surface area (Å²) in [6, 6.07) is 12.7. The lowest BCUT2D eigenvalue weighted by Gasteiger charge is -2.34. The maximum Gasteiger partial charge on any atom is 0.284 e. The van der Waals surface area contributed by atoms with Gasteiger partial charge in [-0.1, -0.05) is 18.2 Å². The number of pyridine rings is 1. The number of carbonyl (C=O) groups excluding carboxylic acids is 2. The zero-order valence-electron chi connectivity index (χ0n) is 16.4. The minimum absolute atomic E-state index is 0.0475. The van der Waals surface area contributed by atoms with Gasteiger partial charge in [0.2, 0.25) is 0 Å². The van der Waals surface area contributed by atoms with Crippen molar-refractivity contribution in [1.82, 2.24) is 24.3 Å². The van der Waals surface area contributed by atoms with E-state index in [2.05, 4.69) is 9.97 Å². The van der Waals surface area contributed by atoms with E-state index in [4.69, 9.17) is 0 Å². The molecule has 1 saturated heterocycles. The topological polar surface area (TPSA) is 88.4 Å². The standard InChI is InChI=1S/C22H21N5O3/c28-20(15-5-2-1-3-6-15)25-11-13-26(14-12-25)21(29)18-22(30)27(16-8-9-16)19-17(24-18)7-4-10-23-19/h1-7,10,16H,8-9,11-14H2. The van der Waals surface area contributed by atoms with Crippen LogP contribution >= 0.6 is 0 Å². The van der Waals surface area contributed by atoms with E-state index in [0.29, 0.717) is 42.9 Å². The average molecular weight is 403 g/mol. The van der Waals surface area contributed by atoms with Gasteiger partial charge in [0.25, 0.3) is 17.4 Å². The number of carbonyl (C=O) groups is 2. The number of rotatable bonds is 3. The normalized spacial score (nSPS) is 16.7. The lowest BCUT2D eigenvalue weighted by atomic mass is 10.2. The maximum atomic E-state index is 13.1. The minimum Gasteiger partial charge on any atom is -0.335 e. The van der Waals surface area contributed by atoms with Crippen molar-refractivity contribution >= 4 is 23.0 Å². The highest BCUT2D eigenvalue weighted by atomic mass is 16.2. The van der Waals surface area contributed by atoms with E-state index in [-0.39, 0.29) is 29.1 Å². The van der Waals surface area contributed by atoms with Gasteiger partial charge < -0.3 is 9.80 Å².